The largest absolute Gasteiger partial charge is 0.264 e. The quantitative estimate of drug-likeness (QED) is 0.456. The lowest BCUT2D eigenvalue weighted by molar-refractivity contribution is 1.34. The van der Waals surface area contributed by atoms with Crippen molar-refractivity contribution in [3.8, 4) is 11.1 Å². The van der Waals surface area contributed by atoms with Crippen LogP contribution in [-0.4, -0.2) is 9.97 Å². The van der Waals surface area contributed by atoms with E-state index in [2.05, 4.69) is 23.2 Å². The highest BCUT2D eigenvalue weighted by Gasteiger charge is 2.12. The fourth-order valence-corrected chi connectivity index (χ4v) is 2.91. The number of nitrogens with zero attached hydrogens (tertiary/aromatic N) is 2. The molecule has 100 valence electrons. The Morgan fingerprint density at radius 2 is 1.67 bits per heavy atom. The van der Waals surface area contributed by atoms with Crippen LogP contribution in [-0.2, 0) is 0 Å². The van der Waals surface area contributed by atoms with Gasteiger partial charge in [0.1, 0.15) is 0 Å². The van der Waals surface area contributed by atoms with Crippen LogP contribution in [0.25, 0.3) is 32.9 Å². The maximum atomic E-state index is 6.34. The Morgan fingerprint density at radius 1 is 0.810 bits per heavy atom. The topological polar surface area (TPSA) is 25.8 Å². The molecule has 0 radical (unpaired) electrons. The minimum absolute atomic E-state index is 0.670. The van der Waals surface area contributed by atoms with Crippen LogP contribution >= 0.6 is 11.6 Å². The zero-order valence-electron chi connectivity index (χ0n) is 11.1. The van der Waals surface area contributed by atoms with Crippen LogP contribution < -0.4 is 0 Å². The minimum Gasteiger partial charge on any atom is -0.264 e. The van der Waals surface area contributed by atoms with Crippen LogP contribution in [0, 0.1) is 0 Å². The third-order valence-corrected chi connectivity index (χ3v) is 3.92. The summed E-state index contributed by atoms with van der Waals surface area (Å²) < 4.78 is 0. The van der Waals surface area contributed by atoms with Gasteiger partial charge in [0.05, 0.1) is 16.1 Å². The molecule has 0 aliphatic carbocycles. The van der Waals surface area contributed by atoms with Crippen LogP contribution in [0.5, 0.6) is 0 Å². The van der Waals surface area contributed by atoms with E-state index in [9.17, 15) is 0 Å². The standard InChI is InChI=1S/C18H11ClN2/c19-15-8-4-7-13-17(12-5-2-1-3-6-12)14-11-20-10-9-16(14)21-18(13)15/h1-11H. The molecule has 3 heteroatoms. The highest BCUT2D eigenvalue weighted by Crippen LogP contribution is 2.36. The second kappa shape index (κ2) is 4.83. The van der Waals surface area contributed by atoms with Crippen molar-refractivity contribution in [1.82, 2.24) is 9.97 Å². The summed E-state index contributed by atoms with van der Waals surface area (Å²) in [5.41, 5.74) is 4.01. The monoisotopic (exact) mass is 290 g/mol. The molecule has 4 aromatic rings. The molecule has 0 amide bonds. The average molecular weight is 291 g/mol. The summed E-state index contributed by atoms with van der Waals surface area (Å²) in [5.74, 6) is 0. The van der Waals surface area contributed by atoms with Crippen molar-refractivity contribution in [1.29, 1.82) is 0 Å². The van der Waals surface area contributed by atoms with Crippen LogP contribution in [0.1, 0.15) is 0 Å². The van der Waals surface area contributed by atoms with Gasteiger partial charge in [-0.1, -0.05) is 54.1 Å². The van der Waals surface area contributed by atoms with E-state index in [-0.39, 0.29) is 0 Å². The lowest BCUT2D eigenvalue weighted by Crippen LogP contribution is -1.90. The van der Waals surface area contributed by atoms with E-state index < -0.39 is 0 Å². The van der Waals surface area contributed by atoms with Crippen molar-refractivity contribution >= 4 is 33.4 Å². The van der Waals surface area contributed by atoms with Crippen LogP contribution in [0.15, 0.2) is 67.0 Å². The maximum Gasteiger partial charge on any atom is 0.0902 e. The van der Waals surface area contributed by atoms with Crippen molar-refractivity contribution in [3.63, 3.8) is 0 Å². The van der Waals surface area contributed by atoms with E-state index in [0.717, 1.165) is 32.9 Å². The maximum absolute atomic E-state index is 6.34. The first kappa shape index (κ1) is 12.3. The molecule has 0 N–H and O–H groups in total. The summed E-state index contributed by atoms with van der Waals surface area (Å²) in [5, 5.41) is 2.76. The molecule has 0 aliphatic heterocycles. The van der Waals surface area contributed by atoms with Gasteiger partial charge < -0.3 is 0 Å². The zero-order chi connectivity index (χ0) is 14.2. The number of pyridine rings is 2. The van der Waals surface area contributed by atoms with Gasteiger partial charge in [-0.05, 0) is 17.7 Å². The molecular formula is C18H11ClN2. The zero-order valence-corrected chi connectivity index (χ0v) is 11.9. The molecule has 2 aromatic carbocycles. The molecular weight excluding hydrogens is 280 g/mol. The van der Waals surface area contributed by atoms with Gasteiger partial charge in [0, 0.05) is 28.7 Å². The van der Waals surface area contributed by atoms with Gasteiger partial charge in [-0.15, -0.1) is 0 Å². The number of halogens is 1. The van der Waals surface area contributed by atoms with Crippen molar-refractivity contribution in [2.45, 2.75) is 0 Å². The highest BCUT2D eigenvalue weighted by molar-refractivity contribution is 6.36. The van der Waals surface area contributed by atoms with Gasteiger partial charge in [0.25, 0.3) is 0 Å². The Kier molecular flexibility index (Phi) is 2.83. The summed E-state index contributed by atoms with van der Waals surface area (Å²) in [7, 11) is 0. The fraction of sp³-hybridized carbons (Fsp3) is 0. The number of hydrogen-bond acceptors (Lipinski definition) is 2. The Morgan fingerprint density at radius 3 is 2.52 bits per heavy atom. The van der Waals surface area contributed by atoms with E-state index in [0.29, 0.717) is 5.02 Å². The van der Waals surface area contributed by atoms with Gasteiger partial charge in [0.15, 0.2) is 0 Å². The Bertz CT molecular complexity index is 949. The molecule has 0 fully saturated rings. The molecule has 0 atom stereocenters. The van der Waals surface area contributed by atoms with Gasteiger partial charge >= 0.3 is 0 Å². The first-order valence-electron chi connectivity index (χ1n) is 6.72. The van der Waals surface area contributed by atoms with Gasteiger partial charge in [-0.2, -0.15) is 0 Å². The van der Waals surface area contributed by atoms with Crippen molar-refractivity contribution in [2.24, 2.45) is 0 Å². The summed E-state index contributed by atoms with van der Waals surface area (Å²) >= 11 is 6.34. The summed E-state index contributed by atoms with van der Waals surface area (Å²) in [6, 6.07) is 18.1. The number of hydrogen-bond donors (Lipinski definition) is 0. The van der Waals surface area contributed by atoms with E-state index >= 15 is 0 Å². The Hall–Kier alpha value is -2.45. The molecule has 21 heavy (non-hydrogen) atoms. The second-order valence-electron chi connectivity index (χ2n) is 4.88. The first-order valence-corrected chi connectivity index (χ1v) is 7.10. The van der Waals surface area contributed by atoms with Gasteiger partial charge in [0.2, 0.25) is 0 Å². The van der Waals surface area contributed by atoms with E-state index in [1.54, 1.807) is 6.20 Å². The third-order valence-electron chi connectivity index (χ3n) is 3.62. The molecule has 0 spiro atoms. The van der Waals surface area contributed by atoms with E-state index in [1.807, 2.05) is 42.6 Å². The number of benzene rings is 2. The minimum atomic E-state index is 0.670. The summed E-state index contributed by atoms with van der Waals surface area (Å²) in [6.07, 6.45) is 3.62. The molecule has 2 nitrogen and oxygen atoms in total. The Balaban J connectivity index is 2.26. The normalized spacial score (nSPS) is 11.1. The van der Waals surface area contributed by atoms with Gasteiger partial charge in [-0.3, -0.25) is 4.98 Å². The van der Waals surface area contributed by atoms with Crippen molar-refractivity contribution in [3.05, 3.63) is 72.0 Å². The highest BCUT2D eigenvalue weighted by atomic mass is 35.5. The first-order chi connectivity index (χ1) is 10.3. The van der Waals surface area contributed by atoms with Crippen molar-refractivity contribution < 1.29 is 0 Å². The van der Waals surface area contributed by atoms with E-state index in [4.69, 9.17) is 16.6 Å². The number of rotatable bonds is 1. The van der Waals surface area contributed by atoms with Crippen molar-refractivity contribution in [2.75, 3.05) is 0 Å². The predicted molar refractivity (Wildman–Crippen MR) is 87.5 cm³/mol. The fourth-order valence-electron chi connectivity index (χ4n) is 2.69. The summed E-state index contributed by atoms with van der Waals surface area (Å²) in [6.45, 7) is 0. The second-order valence-corrected chi connectivity index (χ2v) is 5.29. The smallest absolute Gasteiger partial charge is 0.0902 e. The molecule has 0 saturated heterocycles. The molecule has 0 aliphatic rings. The third kappa shape index (κ3) is 1.96. The van der Waals surface area contributed by atoms with Crippen LogP contribution in [0.4, 0.5) is 0 Å². The summed E-state index contributed by atoms with van der Waals surface area (Å²) in [4.78, 5) is 8.95. The molecule has 0 bridgehead atoms. The molecule has 2 heterocycles. The van der Waals surface area contributed by atoms with Gasteiger partial charge in [-0.25, -0.2) is 4.98 Å². The number of para-hydroxylation sites is 1. The van der Waals surface area contributed by atoms with E-state index in [1.165, 1.54) is 0 Å². The number of fused-ring (bicyclic) bond motifs is 2. The molecule has 2 aromatic heterocycles. The van der Waals surface area contributed by atoms with Crippen LogP contribution in [0.3, 0.4) is 0 Å². The molecule has 4 rings (SSSR count). The lowest BCUT2D eigenvalue weighted by atomic mass is 9.97. The predicted octanol–water partition coefficient (Wildman–Crippen LogP) is 5.10. The molecule has 0 saturated carbocycles. The van der Waals surface area contributed by atoms with Crippen LogP contribution in [0.2, 0.25) is 5.02 Å². The lowest BCUT2D eigenvalue weighted by Gasteiger charge is -2.11. The SMILES string of the molecule is Clc1cccc2c(-c3ccccc3)c3cnccc3nc12. The Labute approximate surface area is 127 Å². The number of aromatic nitrogens is 2. The average Bonchev–Trinajstić information content (AvgIpc) is 2.54. The molecule has 0 unspecified atom stereocenters.